The molecule has 5 aliphatic rings. The van der Waals surface area contributed by atoms with Gasteiger partial charge in [0.15, 0.2) is 6.61 Å². The zero-order valence-corrected chi connectivity index (χ0v) is 23.1. The average Bonchev–Trinajstić information content (AvgIpc) is 2.91. The second kappa shape index (κ2) is 9.27. The Morgan fingerprint density at radius 3 is 2.69 bits per heavy atom. The van der Waals surface area contributed by atoms with Gasteiger partial charge in [-0.2, -0.15) is 0 Å². The number of ether oxygens (including phenoxy) is 2. The first kappa shape index (κ1) is 25.0. The van der Waals surface area contributed by atoms with Crippen molar-refractivity contribution in [2.75, 3.05) is 26.2 Å². The van der Waals surface area contributed by atoms with Crippen molar-refractivity contribution in [1.82, 2.24) is 9.80 Å². The summed E-state index contributed by atoms with van der Waals surface area (Å²) in [5, 5.41) is 0.839. The third-order valence-electron chi connectivity index (χ3n) is 9.76. The molecule has 1 aromatic carbocycles. The van der Waals surface area contributed by atoms with E-state index >= 15 is 0 Å². The zero-order valence-electron chi connectivity index (χ0n) is 23.1. The number of amides is 2. The van der Waals surface area contributed by atoms with Crippen LogP contribution in [0.5, 0.6) is 11.5 Å². The molecule has 1 aromatic heterocycles. The van der Waals surface area contributed by atoms with Gasteiger partial charge in [-0.1, -0.05) is 0 Å². The highest BCUT2D eigenvalue weighted by atomic mass is 16.5. The summed E-state index contributed by atoms with van der Waals surface area (Å²) >= 11 is 0. The maximum absolute atomic E-state index is 13.5. The number of likely N-dealkylation sites (tertiary alicyclic amines) is 1. The fourth-order valence-corrected chi connectivity index (χ4v) is 7.87. The van der Waals surface area contributed by atoms with Crippen LogP contribution in [0.2, 0.25) is 0 Å². The molecule has 8 heteroatoms. The molecule has 1 aliphatic carbocycles. The van der Waals surface area contributed by atoms with Gasteiger partial charge in [0, 0.05) is 49.3 Å². The van der Waals surface area contributed by atoms with Gasteiger partial charge in [-0.25, -0.2) is 4.79 Å². The van der Waals surface area contributed by atoms with Crippen molar-refractivity contribution in [3.05, 3.63) is 33.2 Å². The lowest BCUT2D eigenvalue weighted by Crippen LogP contribution is -2.61. The number of benzene rings is 1. The van der Waals surface area contributed by atoms with E-state index in [0.717, 1.165) is 80.0 Å². The lowest BCUT2D eigenvalue weighted by molar-refractivity contribution is -0.149. The highest BCUT2D eigenvalue weighted by Crippen LogP contribution is 2.44. The van der Waals surface area contributed by atoms with Gasteiger partial charge in [-0.3, -0.25) is 9.59 Å². The second-order valence-corrected chi connectivity index (χ2v) is 12.9. The minimum Gasteiger partial charge on any atom is -0.487 e. The lowest BCUT2D eigenvalue weighted by Gasteiger charge is -2.52. The summed E-state index contributed by atoms with van der Waals surface area (Å²) in [6.07, 6.45) is 8.83. The Balaban J connectivity index is 1.18. The Morgan fingerprint density at radius 2 is 1.85 bits per heavy atom. The Morgan fingerprint density at radius 1 is 1.03 bits per heavy atom. The molecule has 39 heavy (non-hydrogen) atoms. The van der Waals surface area contributed by atoms with Crippen molar-refractivity contribution >= 4 is 22.8 Å². The summed E-state index contributed by atoms with van der Waals surface area (Å²) < 4.78 is 18.6. The van der Waals surface area contributed by atoms with Gasteiger partial charge >= 0.3 is 5.63 Å². The van der Waals surface area contributed by atoms with E-state index in [0.29, 0.717) is 54.8 Å². The molecule has 3 saturated heterocycles. The van der Waals surface area contributed by atoms with Crippen molar-refractivity contribution in [3.8, 4) is 11.5 Å². The van der Waals surface area contributed by atoms with Gasteiger partial charge in [0.25, 0.3) is 5.91 Å². The first-order valence-corrected chi connectivity index (χ1v) is 14.8. The van der Waals surface area contributed by atoms with Gasteiger partial charge < -0.3 is 23.7 Å². The molecule has 2 amide bonds. The van der Waals surface area contributed by atoms with Gasteiger partial charge in [-0.15, -0.1) is 0 Å². The monoisotopic (exact) mass is 534 g/mol. The molecule has 8 nitrogen and oxygen atoms in total. The van der Waals surface area contributed by atoms with Crippen LogP contribution >= 0.6 is 0 Å². The topological polar surface area (TPSA) is 89.3 Å². The molecule has 2 aromatic rings. The predicted octanol–water partition coefficient (Wildman–Crippen LogP) is 4.01. The Labute approximate surface area is 228 Å². The van der Waals surface area contributed by atoms with Gasteiger partial charge in [-0.05, 0) is 89.0 Å². The predicted molar refractivity (Wildman–Crippen MR) is 145 cm³/mol. The highest BCUT2D eigenvalue weighted by molar-refractivity contribution is 5.93. The summed E-state index contributed by atoms with van der Waals surface area (Å²) in [4.78, 5) is 43.0. The number of nitrogens with zero attached hydrogens (tertiary/aromatic N) is 2. The van der Waals surface area contributed by atoms with Crippen LogP contribution in [0.3, 0.4) is 0 Å². The second-order valence-electron chi connectivity index (χ2n) is 12.9. The maximum Gasteiger partial charge on any atom is 0.339 e. The summed E-state index contributed by atoms with van der Waals surface area (Å²) in [6.45, 7) is 6.15. The molecule has 208 valence electrons. The van der Waals surface area contributed by atoms with E-state index in [4.69, 9.17) is 13.9 Å². The maximum atomic E-state index is 13.5. The molecule has 0 radical (unpaired) electrons. The average molecular weight is 535 g/mol. The SMILES string of the molecule is CC1(C)CCc2c(cc(OCC(=O)N3C[C@H]4C[C@@H](C3)C3CCCC(=O)N3C4)c3c4c(c(=O)oc23)CCCC4)O1. The number of aryl methyl sites for hydroxylation is 2. The van der Waals surface area contributed by atoms with Crippen molar-refractivity contribution in [2.24, 2.45) is 11.8 Å². The standard InChI is InChI=1S/C31H38N2O6/c1-31(2)11-10-22-24(39-31)13-25(28-20-6-3-4-7-21(20)30(36)38-29(22)28)37-17-27(35)32-14-18-12-19(16-32)23-8-5-9-26(34)33(23)15-18/h13,18-19,23H,3-12,14-17H2,1-2H3/t18-,19+,23?/m1/s1. The third kappa shape index (κ3) is 4.30. The summed E-state index contributed by atoms with van der Waals surface area (Å²) in [6, 6.07) is 2.18. The van der Waals surface area contributed by atoms with E-state index in [-0.39, 0.29) is 35.7 Å². The minimum absolute atomic E-state index is 0.0290. The van der Waals surface area contributed by atoms with E-state index in [1.165, 1.54) is 0 Å². The normalized spacial score (nSPS) is 27.3. The Kier molecular flexibility index (Phi) is 5.94. The number of hydrogen-bond acceptors (Lipinski definition) is 6. The molecule has 7 rings (SSSR count). The van der Waals surface area contributed by atoms with Crippen LogP contribution in [-0.2, 0) is 28.9 Å². The summed E-state index contributed by atoms with van der Waals surface area (Å²) in [7, 11) is 0. The van der Waals surface area contributed by atoms with Crippen molar-refractivity contribution in [1.29, 1.82) is 0 Å². The van der Waals surface area contributed by atoms with E-state index in [1.807, 2.05) is 11.0 Å². The van der Waals surface area contributed by atoms with Crippen molar-refractivity contribution < 1.29 is 23.5 Å². The quantitative estimate of drug-likeness (QED) is 0.553. The molecule has 5 heterocycles. The molecular formula is C31H38N2O6. The number of hydrogen-bond donors (Lipinski definition) is 0. The number of fused-ring (bicyclic) bond motifs is 9. The van der Waals surface area contributed by atoms with Gasteiger partial charge in [0.2, 0.25) is 5.91 Å². The molecular weight excluding hydrogens is 496 g/mol. The van der Waals surface area contributed by atoms with Crippen LogP contribution in [0.25, 0.3) is 11.0 Å². The van der Waals surface area contributed by atoms with Crippen LogP contribution in [-0.4, -0.2) is 59.5 Å². The largest absolute Gasteiger partial charge is 0.487 e. The van der Waals surface area contributed by atoms with E-state index in [1.54, 1.807) is 0 Å². The molecule has 0 saturated carbocycles. The fraction of sp³-hybridized carbons (Fsp3) is 0.645. The number of rotatable bonds is 3. The molecule has 0 spiro atoms. The molecule has 3 fully saturated rings. The lowest BCUT2D eigenvalue weighted by atomic mass is 9.76. The number of carbonyl (C=O) groups is 2. The van der Waals surface area contributed by atoms with E-state index in [2.05, 4.69) is 18.7 Å². The molecule has 1 unspecified atom stereocenters. The summed E-state index contributed by atoms with van der Waals surface area (Å²) in [5.74, 6) is 2.16. The fourth-order valence-electron chi connectivity index (χ4n) is 7.87. The van der Waals surface area contributed by atoms with E-state index < -0.39 is 0 Å². The number of piperidine rings is 3. The highest BCUT2D eigenvalue weighted by Gasteiger charge is 2.45. The van der Waals surface area contributed by atoms with Crippen LogP contribution in [0, 0.1) is 11.8 Å². The Bertz CT molecular complexity index is 1410. The van der Waals surface area contributed by atoms with Crippen molar-refractivity contribution in [2.45, 2.75) is 89.7 Å². The molecule has 0 N–H and O–H groups in total. The van der Waals surface area contributed by atoms with Crippen LogP contribution < -0.4 is 15.1 Å². The van der Waals surface area contributed by atoms with Crippen molar-refractivity contribution in [3.63, 3.8) is 0 Å². The summed E-state index contributed by atoms with van der Waals surface area (Å²) in [5.41, 5.74) is 2.65. The van der Waals surface area contributed by atoms with Gasteiger partial charge in [0.1, 0.15) is 22.7 Å². The molecule has 2 bridgehead atoms. The number of carbonyl (C=O) groups excluding carboxylic acids is 2. The van der Waals surface area contributed by atoms with Crippen LogP contribution in [0.4, 0.5) is 0 Å². The zero-order chi connectivity index (χ0) is 26.9. The third-order valence-corrected chi connectivity index (χ3v) is 9.76. The van der Waals surface area contributed by atoms with E-state index in [9.17, 15) is 14.4 Å². The van der Waals surface area contributed by atoms with Crippen LogP contribution in [0.1, 0.15) is 75.5 Å². The Hall–Kier alpha value is -3.03. The smallest absolute Gasteiger partial charge is 0.339 e. The van der Waals surface area contributed by atoms with Gasteiger partial charge in [0.05, 0.1) is 5.39 Å². The van der Waals surface area contributed by atoms with Crippen LogP contribution in [0.15, 0.2) is 15.3 Å². The molecule has 3 atom stereocenters. The first-order chi connectivity index (χ1) is 18.8. The first-order valence-electron chi connectivity index (χ1n) is 14.8. The molecule has 4 aliphatic heterocycles. The minimum atomic E-state index is -0.331.